The second kappa shape index (κ2) is 9.16. The molecule has 0 aliphatic rings. The lowest BCUT2D eigenvalue weighted by molar-refractivity contribution is -0.120. The Bertz CT molecular complexity index is 448. The number of esters is 1. The number of nitrogens with one attached hydrogen (secondary N) is 1. The highest BCUT2D eigenvalue weighted by Crippen LogP contribution is 2.17. The third-order valence-electron chi connectivity index (χ3n) is 3.31. The van der Waals surface area contributed by atoms with Gasteiger partial charge in [0.25, 0.3) is 0 Å². The fourth-order valence-electron chi connectivity index (χ4n) is 2.25. The van der Waals surface area contributed by atoms with Crippen LogP contribution in [0.15, 0.2) is 24.3 Å². The summed E-state index contributed by atoms with van der Waals surface area (Å²) in [7, 11) is 0. The SMILES string of the molecule is CCCC(CCC)C(=O)Nc1ccc(C(=O)OCC)cc1. The second-order valence-corrected chi connectivity index (χ2v) is 5.06. The van der Waals surface area contributed by atoms with Crippen LogP contribution in [0.25, 0.3) is 0 Å². The van der Waals surface area contributed by atoms with Gasteiger partial charge in [-0.1, -0.05) is 26.7 Å². The van der Waals surface area contributed by atoms with Crippen LogP contribution in [0.5, 0.6) is 0 Å². The molecule has 4 heteroatoms. The van der Waals surface area contributed by atoms with E-state index >= 15 is 0 Å². The zero-order valence-electron chi connectivity index (χ0n) is 13.1. The van der Waals surface area contributed by atoms with Crippen LogP contribution in [0.4, 0.5) is 5.69 Å². The molecule has 1 aromatic rings. The normalized spacial score (nSPS) is 10.5. The molecular weight excluding hydrogens is 266 g/mol. The maximum Gasteiger partial charge on any atom is 0.338 e. The smallest absolute Gasteiger partial charge is 0.338 e. The van der Waals surface area contributed by atoms with Crippen LogP contribution in [0, 0.1) is 5.92 Å². The zero-order chi connectivity index (χ0) is 15.7. The standard InChI is InChI=1S/C17H25NO3/c1-4-7-13(8-5-2)16(19)18-15-11-9-14(10-12-15)17(20)21-6-3/h9-13H,4-8H2,1-3H3,(H,18,19). The Hall–Kier alpha value is -1.84. The molecule has 0 unspecified atom stereocenters. The molecular formula is C17H25NO3. The Kier molecular flexibility index (Phi) is 7.51. The lowest BCUT2D eigenvalue weighted by Crippen LogP contribution is -2.22. The van der Waals surface area contributed by atoms with Gasteiger partial charge in [0, 0.05) is 11.6 Å². The summed E-state index contributed by atoms with van der Waals surface area (Å²) in [5.41, 5.74) is 1.21. The number of carbonyl (C=O) groups is 2. The lowest BCUT2D eigenvalue weighted by Gasteiger charge is -2.15. The van der Waals surface area contributed by atoms with Crippen molar-refractivity contribution in [2.24, 2.45) is 5.92 Å². The van der Waals surface area contributed by atoms with Crippen LogP contribution in [-0.2, 0) is 9.53 Å². The number of hydrogen-bond acceptors (Lipinski definition) is 3. The molecule has 1 rings (SSSR count). The molecule has 0 heterocycles. The van der Waals surface area contributed by atoms with E-state index in [9.17, 15) is 9.59 Å². The Morgan fingerprint density at radius 3 is 2.10 bits per heavy atom. The maximum atomic E-state index is 12.2. The topological polar surface area (TPSA) is 55.4 Å². The third kappa shape index (κ3) is 5.58. The summed E-state index contributed by atoms with van der Waals surface area (Å²) in [4.78, 5) is 23.8. The first-order valence-corrected chi connectivity index (χ1v) is 7.70. The van der Waals surface area contributed by atoms with E-state index in [0.29, 0.717) is 17.9 Å². The summed E-state index contributed by atoms with van der Waals surface area (Å²) in [6.45, 7) is 6.30. The Balaban J connectivity index is 2.65. The molecule has 0 bridgehead atoms. The first-order valence-electron chi connectivity index (χ1n) is 7.70. The van der Waals surface area contributed by atoms with Gasteiger partial charge in [-0.05, 0) is 44.0 Å². The number of benzene rings is 1. The van der Waals surface area contributed by atoms with E-state index in [4.69, 9.17) is 4.74 Å². The average molecular weight is 291 g/mol. The largest absolute Gasteiger partial charge is 0.462 e. The second-order valence-electron chi connectivity index (χ2n) is 5.06. The summed E-state index contributed by atoms with van der Waals surface area (Å²) in [5.74, 6) is -0.225. The van der Waals surface area contributed by atoms with Gasteiger partial charge >= 0.3 is 5.97 Å². The molecule has 1 amide bonds. The number of rotatable bonds is 8. The summed E-state index contributed by atoms with van der Waals surface area (Å²) >= 11 is 0. The van der Waals surface area contributed by atoms with Crippen molar-refractivity contribution < 1.29 is 14.3 Å². The highest BCUT2D eigenvalue weighted by molar-refractivity contribution is 5.94. The molecule has 0 fully saturated rings. The molecule has 21 heavy (non-hydrogen) atoms. The zero-order valence-corrected chi connectivity index (χ0v) is 13.1. The van der Waals surface area contributed by atoms with Crippen molar-refractivity contribution in [3.8, 4) is 0 Å². The molecule has 1 aromatic carbocycles. The minimum absolute atomic E-state index is 0.0579. The summed E-state index contributed by atoms with van der Waals surface area (Å²) in [5, 5.41) is 2.92. The van der Waals surface area contributed by atoms with E-state index < -0.39 is 0 Å². The minimum atomic E-state index is -0.342. The monoisotopic (exact) mass is 291 g/mol. The van der Waals surface area contributed by atoms with Crippen LogP contribution in [0.3, 0.4) is 0 Å². The van der Waals surface area contributed by atoms with Crippen LogP contribution in [-0.4, -0.2) is 18.5 Å². The molecule has 0 aliphatic carbocycles. The fraction of sp³-hybridized carbons (Fsp3) is 0.529. The molecule has 0 radical (unpaired) electrons. The quantitative estimate of drug-likeness (QED) is 0.736. The number of anilines is 1. The highest BCUT2D eigenvalue weighted by atomic mass is 16.5. The molecule has 4 nitrogen and oxygen atoms in total. The van der Waals surface area contributed by atoms with Gasteiger partial charge in [-0.2, -0.15) is 0 Å². The van der Waals surface area contributed by atoms with Crippen molar-refractivity contribution in [1.82, 2.24) is 0 Å². The van der Waals surface area contributed by atoms with E-state index in [1.807, 2.05) is 0 Å². The van der Waals surface area contributed by atoms with Crippen molar-refractivity contribution in [2.45, 2.75) is 46.5 Å². The molecule has 0 aromatic heterocycles. The Morgan fingerprint density at radius 2 is 1.62 bits per heavy atom. The number of ether oxygens (including phenoxy) is 1. The van der Waals surface area contributed by atoms with E-state index in [0.717, 1.165) is 25.7 Å². The predicted octanol–water partition coefficient (Wildman–Crippen LogP) is 4.02. The van der Waals surface area contributed by atoms with Gasteiger partial charge in [-0.3, -0.25) is 4.79 Å². The van der Waals surface area contributed by atoms with Crippen molar-refractivity contribution in [3.05, 3.63) is 29.8 Å². The Morgan fingerprint density at radius 1 is 1.05 bits per heavy atom. The summed E-state index contributed by atoms with van der Waals surface area (Å²) < 4.78 is 4.92. The van der Waals surface area contributed by atoms with E-state index in [1.165, 1.54) is 0 Å². The molecule has 0 aliphatic heterocycles. The van der Waals surface area contributed by atoms with Gasteiger partial charge in [0.2, 0.25) is 5.91 Å². The van der Waals surface area contributed by atoms with Crippen molar-refractivity contribution in [2.75, 3.05) is 11.9 Å². The Labute approximate surface area is 126 Å². The van der Waals surface area contributed by atoms with E-state index in [-0.39, 0.29) is 17.8 Å². The summed E-state index contributed by atoms with van der Waals surface area (Å²) in [6.07, 6.45) is 3.81. The van der Waals surface area contributed by atoms with Gasteiger partial charge in [0.1, 0.15) is 0 Å². The van der Waals surface area contributed by atoms with Crippen LogP contribution < -0.4 is 5.32 Å². The van der Waals surface area contributed by atoms with Crippen LogP contribution in [0.2, 0.25) is 0 Å². The first kappa shape index (κ1) is 17.2. The molecule has 116 valence electrons. The van der Waals surface area contributed by atoms with E-state index in [1.54, 1.807) is 31.2 Å². The van der Waals surface area contributed by atoms with Crippen molar-refractivity contribution in [3.63, 3.8) is 0 Å². The minimum Gasteiger partial charge on any atom is -0.462 e. The molecule has 0 saturated carbocycles. The third-order valence-corrected chi connectivity index (χ3v) is 3.31. The van der Waals surface area contributed by atoms with Gasteiger partial charge in [-0.15, -0.1) is 0 Å². The van der Waals surface area contributed by atoms with Crippen molar-refractivity contribution in [1.29, 1.82) is 0 Å². The van der Waals surface area contributed by atoms with Gasteiger partial charge in [-0.25, -0.2) is 4.79 Å². The number of amides is 1. The fourth-order valence-corrected chi connectivity index (χ4v) is 2.25. The van der Waals surface area contributed by atoms with Crippen LogP contribution in [0.1, 0.15) is 56.8 Å². The molecule has 1 N–H and O–H groups in total. The number of hydrogen-bond donors (Lipinski definition) is 1. The van der Waals surface area contributed by atoms with Crippen LogP contribution >= 0.6 is 0 Å². The first-order chi connectivity index (χ1) is 10.1. The predicted molar refractivity (Wildman–Crippen MR) is 84.3 cm³/mol. The van der Waals surface area contributed by atoms with E-state index in [2.05, 4.69) is 19.2 Å². The number of carbonyl (C=O) groups excluding carboxylic acids is 2. The molecule has 0 saturated heterocycles. The maximum absolute atomic E-state index is 12.2. The van der Waals surface area contributed by atoms with Gasteiger partial charge in [0.15, 0.2) is 0 Å². The highest BCUT2D eigenvalue weighted by Gasteiger charge is 2.16. The van der Waals surface area contributed by atoms with Gasteiger partial charge < -0.3 is 10.1 Å². The summed E-state index contributed by atoms with van der Waals surface area (Å²) in [6, 6.07) is 6.81. The molecule has 0 spiro atoms. The molecule has 0 atom stereocenters. The van der Waals surface area contributed by atoms with Gasteiger partial charge in [0.05, 0.1) is 12.2 Å². The lowest BCUT2D eigenvalue weighted by atomic mass is 9.97. The van der Waals surface area contributed by atoms with Crippen molar-refractivity contribution >= 4 is 17.6 Å². The average Bonchev–Trinajstić information content (AvgIpc) is 2.48.